The van der Waals surface area contributed by atoms with E-state index in [-0.39, 0.29) is 114 Å². The van der Waals surface area contributed by atoms with Gasteiger partial charge in [-0.25, -0.2) is 0 Å². The summed E-state index contributed by atoms with van der Waals surface area (Å²) in [5.74, 6) is -21.5. The number of nitrogens with zero attached hydrogens (tertiary/aromatic N) is 3. The van der Waals surface area contributed by atoms with Gasteiger partial charge in [0.1, 0.15) is 29.7 Å². The molecule has 0 saturated carbocycles. The quantitative estimate of drug-likeness (QED) is 0.0259. The number of hydrogen-bond donors (Lipinski definition) is 15. The first-order valence-corrected chi connectivity index (χ1v) is 41.7. The first-order valence-electron chi connectivity index (χ1n) is 40.5. The number of ketones is 6. The summed E-state index contributed by atoms with van der Waals surface area (Å²) in [7, 11) is 0. The number of aliphatic carboxylic acids is 1. The fraction of sp³-hybridized carbons (Fsp3) is 0.571. The minimum Gasteiger partial charge on any atom is -0.481 e. The minimum absolute atomic E-state index is 0.00430. The number of guanidine groups is 3. The molecule has 0 radical (unpaired) electrons. The van der Waals surface area contributed by atoms with E-state index in [0.29, 0.717) is 29.5 Å². The lowest BCUT2D eigenvalue weighted by Gasteiger charge is -2.30. The van der Waals surface area contributed by atoms with E-state index in [1.54, 1.807) is 133 Å². The van der Waals surface area contributed by atoms with Crippen LogP contribution in [0.3, 0.4) is 0 Å². The zero-order valence-electron chi connectivity index (χ0n) is 69.2. The molecule has 14 atom stereocenters. The van der Waals surface area contributed by atoms with Gasteiger partial charge in [-0.05, 0) is 91.7 Å². The number of thioether (sulfide) groups is 1. The highest BCUT2D eigenvalue weighted by molar-refractivity contribution is 8.00. The monoisotopic (exact) mass is 1660 g/mol. The maximum atomic E-state index is 15.1. The molecule has 0 aromatic heterocycles. The topological polar surface area (TPSA) is 580 Å². The van der Waals surface area contributed by atoms with Crippen molar-refractivity contribution in [3.8, 4) is 0 Å². The van der Waals surface area contributed by atoms with Crippen LogP contribution in [0.1, 0.15) is 175 Å². The van der Waals surface area contributed by atoms with Crippen LogP contribution in [0.15, 0.2) is 106 Å². The predicted molar refractivity (Wildman–Crippen MR) is 451 cm³/mol. The Morgan fingerprint density at radius 1 is 0.424 bits per heavy atom. The minimum atomic E-state index is -1.91. The molecule has 0 unspecified atom stereocenters. The Hall–Kier alpha value is -10.9. The number of hydrogen-bond acceptors (Lipinski definition) is 19. The highest BCUT2D eigenvalue weighted by Gasteiger charge is 2.41. The van der Waals surface area contributed by atoms with Gasteiger partial charge >= 0.3 is 5.97 Å². The van der Waals surface area contributed by atoms with Crippen LogP contribution in [0.25, 0.3) is 0 Å². The van der Waals surface area contributed by atoms with Crippen molar-refractivity contribution in [2.45, 2.75) is 220 Å². The van der Waals surface area contributed by atoms with Crippen LogP contribution in [0, 0.1) is 53.3 Å². The Morgan fingerprint density at radius 2 is 0.847 bits per heavy atom. The molecule has 0 spiro atoms. The Labute approximate surface area is 695 Å². The summed E-state index contributed by atoms with van der Waals surface area (Å²) < 4.78 is 0. The summed E-state index contributed by atoms with van der Waals surface area (Å²) in [5.41, 5.74) is 41.2. The van der Waals surface area contributed by atoms with Crippen molar-refractivity contribution >= 4 is 118 Å². The molecule has 8 amide bonds. The van der Waals surface area contributed by atoms with Gasteiger partial charge in [0.05, 0.1) is 36.3 Å². The van der Waals surface area contributed by atoms with E-state index in [1.165, 1.54) is 0 Å². The third-order valence-corrected chi connectivity index (χ3v) is 22.2. The fourth-order valence-electron chi connectivity index (χ4n) is 13.8. The molecule has 1 aliphatic heterocycles. The summed E-state index contributed by atoms with van der Waals surface area (Å²) in [4.78, 5) is 230. The van der Waals surface area contributed by atoms with E-state index in [4.69, 9.17) is 40.1 Å². The average Bonchev–Trinajstić information content (AvgIpc) is 0.839. The first-order chi connectivity index (χ1) is 55.9. The molecule has 3 aromatic rings. The van der Waals surface area contributed by atoms with E-state index >= 15 is 28.8 Å². The van der Waals surface area contributed by atoms with Crippen molar-refractivity contribution in [2.24, 2.45) is 108 Å². The second-order valence-electron chi connectivity index (χ2n) is 31.2. The Balaban J connectivity index is 1.98. The number of rotatable bonds is 30. The van der Waals surface area contributed by atoms with Crippen LogP contribution in [0.5, 0.6) is 0 Å². The molecule has 648 valence electrons. The number of Topliss-reactive ketones (excluding diaryl/α,β-unsaturated/α-hetero) is 6. The molecule has 0 aliphatic carbocycles. The van der Waals surface area contributed by atoms with Gasteiger partial charge in [-0.1, -0.05) is 159 Å². The van der Waals surface area contributed by atoms with Crippen LogP contribution in [0.2, 0.25) is 0 Å². The second kappa shape index (κ2) is 52.0. The number of carboxylic acids is 1. The lowest BCUT2D eigenvalue weighted by atomic mass is 9.75. The number of nitrogens with two attached hydrogens (primary N) is 7. The van der Waals surface area contributed by atoms with Gasteiger partial charge in [-0.15, -0.1) is 11.8 Å². The van der Waals surface area contributed by atoms with Gasteiger partial charge in [0.15, 0.2) is 41.0 Å². The number of benzene rings is 3. The number of nitrogens with one attached hydrogen (secondary N) is 7. The SMILES string of the molecule is CC[C@H](C)[C@@H]1CC(=O)[C@H](C(C)C)CC(=O)[C@H]([C@@H](C)CC)NC(=O)[C@@H](Cc2ccccc2)CC(=O)[C@H](Cc2ccccc2)NC(=O)CSC[C@@H](C(=O)CCC(N)=O)NC(=O)[C@H](CCCN=C(N)N)NC(=O)[C@H](Cc2ccccc2)NC(=O)[C@H](C(C)C)CC(=O)[C@H](CCCN=C(N)N)NC(=O)[C@H](CC(=O)O)NC(=O)[C@H](CCCN=C(N)N)CC1=O. The van der Waals surface area contributed by atoms with E-state index < -0.39 is 228 Å². The standard InChI is InChI=1S/C84H125N17O16S/c1-9-50(7)59-44-68(104)57(48(3)4)42-71(107)75(51(8)10-2)101-77(113)56(37-52-23-14-11-15-24-52)41-69(105)62(38-53-25-16-12-17-26-53)95-73(109)47-118-46-65(66(102)32-33-72(85)108)100-79(115)61(31-22-36-94-84(90)91)97-80(116)63(39-54-27-18-13-19-28-54)99-78(114)58(49(5)6)43-70(106)60(30-21-35-93-83(88)89)96-81(117)64(45-74(110)111)98-76(112)55(40-67(59)103)29-20-34-92-82(86)87/h11-19,23-28,48-51,55-65,75H,9-10,20-22,29-47H2,1-8H3,(H2,85,108)(H,95,109)(H,96,117)(H,97,116)(H,98,112)(H,99,114)(H,100,115)(H,101,113)(H,110,111)(H4,86,87,92)(H4,88,89,93)(H4,90,91,94)/t50-,51-,55+,56-,57-,58-,59-,60-,61-,62-,63-,64-,65-,75-/m0/s1. The molecule has 33 nitrogen and oxygen atoms in total. The molecule has 118 heavy (non-hydrogen) atoms. The maximum Gasteiger partial charge on any atom is 0.305 e. The van der Waals surface area contributed by atoms with Crippen molar-refractivity contribution in [1.29, 1.82) is 0 Å². The van der Waals surface area contributed by atoms with E-state index in [1.807, 2.05) is 13.8 Å². The van der Waals surface area contributed by atoms with Gasteiger partial charge in [-0.3, -0.25) is 86.9 Å². The molecule has 1 heterocycles. The highest BCUT2D eigenvalue weighted by atomic mass is 32.2. The molecule has 1 aliphatic rings. The third kappa shape index (κ3) is 36.3. The van der Waals surface area contributed by atoms with Crippen LogP contribution >= 0.6 is 11.8 Å². The zero-order chi connectivity index (χ0) is 87.7. The molecule has 1 fully saturated rings. The summed E-state index contributed by atoms with van der Waals surface area (Å²) in [6.07, 6.45) is -4.08. The van der Waals surface area contributed by atoms with Gasteiger partial charge in [0.2, 0.25) is 47.3 Å². The fourth-order valence-corrected chi connectivity index (χ4v) is 14.7. The van der Waals surface area contributed by atoms with E-state index in [0.717, 1.165) is 11.8 Å². The Bertz CT molecular complexity index is 3950. The largest absolute Gasteiger partial charge is 0.481 e. The lowest BCUT2D eigenvalue weighted by molar-refractivity contribution is -0.142. The maximum absolute atomic E-state index is 15.1. The second-order valence-corrected chi connectivity index (χ2v) is 32.2. The van der Waals surface area contributed by atoms with Crippen molar-refractivity contribution in [3.05, 3.63) is 108 Å². The van der Waals surface area contributed by atoms with Crippen LogP contribution in [0.4, 0.5) is 0 Å². The highest BCUT2D eigenvalue weighted by Crippen LogP contribution is 2.31. The number of primary amides is 1. The van der Waals surface area contributed by atoms with Crippen molar-refractivity contribution < 1.29 is 77.0 Å². The van der Waals surface area contributed by atoms with Crippen molar-refractivity contribution in [1.82, 2.24) is 37.2 Å². The first kappa shape index (κ1) is 99.4. The number of aliphatic imine (C=N–C) groups is 3. The predicted octanol–water partition coefficient (Wildman–Crippen LogP) is 2.61. The molecule has 22 N–H and O–H groups in total. The van der Waals surface area contributed by atoms with Gasteiger partial charge in [-0.2, -0.15) is 0 Å². The Kier molecular flexibility index (Phi) is 43.8. The molecule has 3 aromatic carbocycles. The molecule has 0 bridgehead atoms. The molecule has 4 rings (SSSR count). The summed E-state index contributed by atoms with van der Waals surface area (Å²) in [5, 5.41) is 29.4. The molecular formula is C84H125N17O16S. The van der Waals surface area contributed by atoms with Crippen LogP contribution in [-0.4, -0.2) is 184 Å². The summed E-state index contributed by atoms with van der Waals surface area (Å²) in [6.45, 7) is 13.8. The number of carbonyl (C=O) groups is 15. The molecular weight excluding hydrogens is 1540 g/mol. The van der Waals surface area contributed by atoms with E-state index in [2.05, 4.69) is 52.2 Å². The van der Waals surface area contributed by atoms with Gasteiger partial charge in [0.25, 0.3) is 0 Å². The molecule has 1 saturated heterocycles. The van der Waals surface area contributed by atoms with Crippen molar-refractivity contribution in [3.63, 3.8) is 0 Å². The number of amides is 8. The normalized spacial score (nSPS) is 23.5. The summed E-state index contributed by atoms with van der Waals surface area (Å²) >= 11 is 0.884. The van der Waals surface area contributed by atoms with Crippen LogP contribution < -0.4 is 77.4 Å². The summed E-state index contributed by atoms with van der Waals surface area (Å²) in [6, 6.07) is 15.7. The zero-order valence-corrected chi connectivity index (χ0v) is 70.0. The van der Waals surface area contributed by atoms with Crippen molar-refractivity contribution in [2.75, 3.05) is 31.1 Å². The average molecular weight is 1660 g/mol. The number of carboxylic acid groups (broad SMARTS) is 1. The lowest BCUT2D eigenvalue weighted by Crippen LogP contribution is -2.57. The molecule has 34 heteroatoms. The Morgan fingerprint density at radius 3 is 1.36 bits per heavy atom. The van der Waals surface area contributed by atoms with E-state index in [9.17, 15) is 48.3 Å². The van der Waals surface area contributed by atoms with Gasteiger partial charge in [0, 0.05) is 106 Å². The van der Waals surface area contributed by atoms with Gasteiger partial charge < -0.3 is 82.5 Å². The van der Waals surface area contributed by atoms with Crippen LogP contribution in [-0.2, 0) is 91.2 Å². The third-order valence-electron chi connectivity index (χ3n) is 21.2. The number of carbonyl (C=O) groups excluding carboxylic acids is 14. The smallest absolute Gasteiger partial charge is 0.305 e.